The summed E-state index contributed by atoms with van der Waals surface area (Å²) in [5.41, 5.74) is 1.59. The van der Waals surface area contributed by atoms with Crippen molar-refractivity contribution in [2.45, 2.75) is 24.5 Å². The summed E-state index contributed by atoms with van der Waals surface area (Å²) >= 11 is 1.16. The zero-order chi connectivity index (χ0) is 20.4. The number of thioether (sulfide) groups is 1. The molecule has 2 aromatic carbocycles. The highest BCUT2D eigenvalue weighted by molar-refractivity contribution is 7.99. The highest BCUT2D eigenvalue weighted by Gasteiger charge is 2.29. The van der Waals surface area contributed by atoms with Gasteiger partial charge < -0.3 is 10.2 Å². The molecule has 1 atom stereocenters. The molecule has 0 saturated carbocycles. The van der Waals surface area contributed by atoms with E-state index in [1.807, 2.05) is 25.1 Å². The molecule has 0 radical (unpaired) electrons. The Morgan fingerprint density at radius 1 is 1.24 bits per heavy atom. The average molecular weight is 411 g/mol. The number of para-hydroxylation sites is 2. The number of halogens is 1. The van der Waals surface area contributed by atoms with Crippen molar-refractivity contribution in [3.05, 3.63) is 54.3 Å². The van der Waals surface area contributed by atoms with Gasteiger partial charge >= 0.3 is 0 Å². The predicted molar refractivity (Wildman–Crippen MR) is 109 cm³/mol. The molecule has 2 N–H and O–H groups in total. The number of aromatic nitrogens is 3. The maximum Gasteiger partial charge on any atom is 0.237 e. The van der Waals surface area contributed by atoms with Gasteiger partial charge in [0.1, 0.15) is 5.82 Å². The minimum Gasteiger partial charge on any atom is -0.324 e. The predicted octanol–water partition coefficient (Wildman–Crippen LogP) is 3.47. The smallest absolute Gasteiger partial charge is 0.237 e. The van der Waals surface area contributed by atoms with E-state index in [1.54, 1.807) is 29.2 Å². The molecule has 2 heterocycles. The molecule has 1 aromatic heterocycles. The highest BCUT2D eigenvalue weighted by Crippen LogP contribution is 2.32. The van der Waals surface area contributed by atoms with Gasteiger partial charge in [-0.05, 0) is 31.2 Å². The third kappa shape index (κ3) is 4.00. The fourth-order valence-electron chi connectivity index (χ4n) is 3.25. The maximum absolute atomic E-state index is 13.9. The zero-order valence-electron chi connectivity index (χ0n) is 15.6. The number of benzene rings is 2. The molecule has 2 amide bonds. The number of nitrogens with zero attached hydrogens (tertiary/aromatic N) is 3. The van der Waals surface area contributed by atoms with Crippen LogP contribution in [0.5, 0.6) is 0 Å². The van der Waals surface area contributed by atoms with E-state index >= 15 is 0 Å². The lowest BCUT2D eigenvalue weighted by atomic mass is 10.2. The van der Waals surface area contributed by atoms with Crippen LogP contribution in [0.2, 0.25) is 0 Å². The van der Waals surface area contributed by atoms with Crippen LogP contribution in [0, 0.1) is 5.82 Å². The minimum atomic E-state index is -0.400. The summed E-state index contributed by atoms with van der Waals surface area (Å²) in [6.45, 7) is 1.84. The second kappa shape index (κ2) is 8.04. The molecule has 9 heteroatoms. The Morgan fingerprint density at radius 3 is 2.83 bits per heavy atom. The lowest BCUT2D eigenvalue weighted by Crippen LogP contribution is -2.40. The molecule has 7 nitrogen and oxygen atoms in total. The highest BCUT2D eigenvalue weighted by atomic mass is 32.2. The lowest BCUT2D eigenvalue weighted by molar-refractivity contribution is -0.117. The SMILES string of the molecule is CC1CC(=O)Nc2ccccc2N1C(=O)CSc1n[nH]c(-c2ccccc2F)n1. The van der Waals surface area contributed by atoms with E-state index in [1.165, 1.54) is 6.07 Å². The van der Waals surface area contributed by atoms with Crippen LogP contribution in [0.3, 0.4) is 0 Å². The van der Waals surface area contributed by atoms with E-state index in [4.69, 9.17) is 0 Å². The maximum atomic E-state index is 13.9. The first-order valence-electron chi connectivity index (χ1n) is 9.04. The molecule has 0 bridgehead atoms. The Balaban J connectivity index is 1.50. The number of carbonyl (C=O) groups excluding carboxylic acids is 2. The average Bonchev–Trinajstić information content (AvgIpc) is 3.12. The number of fused-ring (bicyclic) bond motifs is 1. The molecule has 29 heavy (non-hydrogen) atoms. The number of aromatic amines is 1. The van der Waals surface area contributed by atoms with E-state index in [0.29, 0.717) is 27.9 Å². The second-order valence-electron chi connectivity index (χ2n) is 6.62. The third-order valence-corrected chi connectivity index (χ3v) is 5.38. The van der Waals surface area contributed by atoms with Crippen molar-refractivity contribution in [3.63, 3.8) is 0 Å². The summed E-state index contributed by atoms with van der Waals surface area (Å²) < 4.78 is 13.9. The lowest BCUT2D eigenvalue weighted by Gasteiger charge is -2.27. The van der Waals surface area contributed by atoms with Gasteiger partial charge in [-0.15, -0.1) is 5.10 Å². The molecule has 1 aliphatic heterocycles. The van der Waals surface area contributed by atoms with Crippen LogP contribution >= 0.6 is 11.8 Å². The number of H-pyrrole nitrogens is 1. The van der Waals surface area contributed by atoms with E-state index < -0.39 is 5.82 Å². The van der Waals surface area contributed by atoms with Crippen LogP contribution in [-0.2, 0) is 9.59 Å². The molecule has 3 aromatic rings. The number of hydrogen-bond acceptors (Lipinski definition) is 5. The van der Waals surface area contributed by atoms with Crippen LogP contribution in [0.15, 0.2) is 53.7 Å². The molecule has 0 spiro atoms. The van der Waals surface area contributed by atoms with Crippen LogP contribution < -0.4 is 10.2 Å². The zero-order valence-corrected chi connectivity index (χ0v) is 16.4. The van der Waals surface area contributed by atoms with Crippen molar-refractivity contribution in [2.24, 2.45) is 0 Å². The third-order valence-electron chi connectivity index (χ3n) is 4.55. The quantitative estimate of drug-likeness (QED) is 0.642. The van der Waals surface area contributed by atoms with Gasteiger partial charge in [0.25, 0.3) is 0 Å². The van der Waals surface area contributed by atoms with Gasteiger partial charge in [0.05, 0.1) is 22.7 Å². The summed E-state index contributed by atoms with van der Waals surface area (Å²) in [5.74, 6) is -0.300. The Labute approximate surface area is 170 Å². The van der Waals surface area contributed by atoms with Gasteiger partial charge in [-0.25, -0.2) is 9.37 Å². The number of hydrogen-bond donors (Lipinski definition) is 2. The number of nitrogens with one attached hydrogen (secondary N) is 2. The molecule has 0 saturated heterocycles. The Kier molecular flexibility index (Phi) is 5.30. The largest absolute Gasteiger partial charge is 0.324 e. The van der Waals surface area contributed by atoms with Crippen molar-refractivity contribution in [2.75, 3.05) is 16.0 Å². The molecule has 4 rings (SSSR count). The van der Waals surface area contributed by atoms with E-state index in [-0.39, 0.29) is 30.0 Å². The molecule has 0 fully saturated rings. The van der Waals surface area contributed by atoms with Crippen LogP contribution in [-0.4, -0.2) is 38.8 Å². The van der Waals surface area contributed by atoms with Gasteiger partial charge in [-0.2, -0.15) is 0 Å². The molecule has 0 aliphatic carbocycles. The van der Waals surface area contributed by atoms with Crippen molar-refractivity contribution in [1.29, 1.82) is 0 Å². The van der Waals surface area contributed by atoms with Crippen molar-refractivity contribution < 1.29 is 14.0 Å². The Hall–Kier alpha value is -3.20. The number of amides is 2. The van der Waals surface area contributed by atoms with Gasteiger partial charge in [0.2, 0.25) is 17.0 Å². The van der Waals surface area contributed by atoms with E-state index in [0.717, 1.165) is 11.8 Å². The molecular weight excluding hydrogens is 393 g/mol. The Morgan fingerprint density at radius 2 is 2.00 bits per heavy atom. The summed E-state index contributed by atoms with van der Waals surface area (Å²) in [6, 6.07) is 13.2. The Bertz CT molecular complexity index is 1070. The van der Waals surface area contributed by atoms with Gasteiger partial charge in [-0.3, -0.25) is 14.7 Å². The summed E-state index contributed by atoms with van der Waals surface area (Å²) in [5, 5.41) is 9.95. The summed E-state index contributed by atoms with van der Waals surface area (Å²) in [6.07, 6.45) is 0.211. The van der Waals surface area contributed by atoms with Gasteiger partial charge in [0, 0.05) is 12.5 Å². The first-order chi connectivity index (χ1) is 14.0. The van der Waals surface area contributed by atoms with Crippen LogP contribution in [0.1, 0.15) is 13.3 Å². The van der Waals surface area contributed by atoms with Crippen molar-refractivity contribution in [3.8, 4) is 11.4 Å². The molecule has 148 valence electrons. The van der Waals surface area contributed by atoms with Gasteiger partial charge in [0.15, 0.2) is 5.82 Å². The fraction of sp³-hybridized carbons (Fsp3) is 0.200. The molecule has 1 aliphatic rings. The minimum absolute atomic E-state index is 0.0848. The standard InChI is InChI=1S/C20H18FN5O2S/c1-12-10-17(27)22-15-8-4-5-9-16(15)26(12)18(28)11-29-20-23-19(24-25-20)13-6-2-3-7-14(13)21/h2-9,12H,10-11H2,1H3,(H,22,27)(H,23,24,25). The van der Waals surface area contributed by atoms with Crippen molar-refractivity contribution >= 4 is 35.0 Å². The number of rotatable bonds is 4. The first-order valence-corrected chi connectivity index (χ1v) is 10.0. The topological polar surface area (TPSA) is 91.0 Å². The first kappa shape index (κ1) is 19.1. The number of carbonyl (C=O) groups is 2. The second-order valence-corrected chi connectivity index (χ2v) is 7.56. The van der Waals surface area contributed by atoms with Crippen LogP contribution in [0.4, 0.5) is 15.8 Å². The molecule has 1 unspecified atom stereocenters. The van der Waals surface area contributed by atoms with Gasteiger partial charge in [-0.1, -0.05) is 36.0 Å². The fourth-order valence-corrected chi connectivity index (χ4v) is 3.91. The molecular formula is C20H18FN5O2S. The number of anilines is 2. The van der Waals surface area contributed by atoms with Crippen LogP contribution in [0.25, 0.3) is 11.4 Å². The summed E-state index contributed by atoms with van der Waals surface area (Å²) in [7, 11) is 0. The monoisotopic (exact) mass is 411 g/mol. The van der Waals surface area contributed by atoms with E-state index in [2.05, 4.69) is 20.5 Å². The normalized spacial score (nSPS) is 16.1. The van der Waals surface area contributed by atoms with Crippen molar-refractivity contribution in [1.82, 2.24) is 15.2 Å². The van der Waals surface area contributed by atoms with E-state index in [9.17, 15) is 14.0 Å². The summed E-state index contributed by atoms with van der Waals surface area (Å²) in [4.78, 5) is 30.9.